The zero-order chi connectivity index (χ0) is 19.9. The predicted molar refractivity (Wildman–Crippen MR) is 111 cm³/mol. The lowest BCUT2D eigenvalue weighted by atomic mass is 10.0. The van der Waals surface area contributed by atoms with Gasteiger partial charge in [-0.15, -0.1) is 0 Å². The molecule has 1 amide bonds. The van der Waals surface area contributed by atoms with Gasteiger partial charge in [0.15, 0.2) is 5.96 Å². The first kappa shape index (κ1) is 19.7. The van der Waals surface area contributed by atoms with Crippen LogP contribution in [-0.2, 0) is 11.3 Å². The molecule has 0 saturated carbocycles. The van der Waals surface area contributed by atoms with Gasteiger partial charge in [-0.25, -0.2) is 4.99 Å². The van der Waals surface area contributed by atoms with Crippen molar-refractivity contribution < 1.29 is 9.53 Å². The maximum absolute atomic E-state index is 12.0. The van der Waals surface area contributed by atoms with Crippen molar-refractivity contribution in [2.45, 2.75) is 25.9 Å². The molecule has 2 aromatic carbocycles. The van der Waals surface area contributed by atoms with E-state index in [0.29, 0.717) is 19.1 Å². The minimum absolute atomic E-state index is 0.00258. The molecule has 0 radical (unpaired) electrons. The zero-order valence-corrected chi connectivity index (χ0v) is 16.7. The molecule has 0 bridgehead atoms. The van der Waals surface area contributed by atoms with E-state index in [0.717, 1.165) is 23.3 Å². The average molecular weight is 380 g/mol. The second-order valence-corrected chi connectivity index (χ2v) is 7.16. The zero-order valence-electron chi connectivity index (χ0n) is 16.7. The topological polar surface area (TPSA) is 66.0 Å². The summed E-state index contributed by atoms with van der Waals surface area (Å²) in [4.78, 5) is 18.3. The summed E-state index contributed by atoms with van der Waals surface area (Å²) in [6.07, 6.45) is 0.837. The third kappa shape index (κ3) is 5.25. The first-order valence-electron chi connectivity index (χ1n) is 9.55. The van der Waals surface area contributed by atoms with Crippen LogP contribution in [-0.4, -0.2) is 44.0 Å². The summed E-state index contributed by atoms with van der Waals surface area (Å²) in [5.41, 5.74) is 3.45. The summed E-state index contributed by atoms with van der Waals surface area (Å²) in [5, 5.41) is 6.64. The van der Waals surface area contributed by atoms with Crippen LogP contribution >= 0.6 is 0 Å². The van der Waals surface area contributed by atoms with Crippen LogP contribution in [0.4, 0.5) is 0 Å². The number of hydrogen-bond acceptors (Lipinski definition) is 3. The molecule has 6 heteroatoms. The number of aryl methyl sites for hydroxylation is 1. The minimum Gasteiger partial charge on any atom is -0.493 e. The van der Waals surface area contributed by atoms with Crippen LogP contribution in [0.25, 0.3) is 0 Å². The normalized spacial score (nSPS) is 16.0. The van der Waals surface area contributed by atoms with Crippen LogP contribution in [0, 0.1) is 6.92 Å². The van der Waals surface area contributed by atoms with Gasteiger partial charge in [0.2, 0.25) is 5.91 Å². The van der Waals surface area contributed by atoms with Crippen molar-refractivity contribution in [2.24, 2.45) is 4.99 Å². The summed E-state index contributed by atoms with van der Waals surface area (Å²) in [7, 11) is 3.49. The summed E-state index contributed by atoms with van der Waals surface area (Å²) in [5.74, 6) is 1.52. The monoisotopic (exact) mass is 380 g/mol. The van der Waals surface area contributed by atoms with Gasteiger partial charge in [-0.05, 0) is 18.6 Å². The first-order valence-corrected chi connectivity index (χ1v) is 9.55. The van der Waals surface area contributed by atoms with Crippen LogP contribution < -0.4 is 15.4 Å². The summed E-state index contributed by atoms with van der Waals surface area (Å²) in [6.45, 7) is 3.45. The Morgan fingerprint density at radius 2 is 1.93 bits per heavy atom. The number of rotatable bonds is 5. The van der Waals surface area contributed by atoms with Crippen molar-refractivity contribution in [1.82, 2.24) is 15.5 Å². The third-order valence-electron chi connectivity index (χ3n) is 4.72. The molecule has 0 fully saturated rings. The van der Waals surface area contributed by atoms with Crippen LogP contribution in [0.3, 0.4) is 0 Å². The highest BCUT2D eigenvalue weighted by Gasteiger charge is 2.22. The van der Waals surface area contributed by atoms with Crippen molar-refractivity contribution in [2.75, 3.05) is 27.2 Å². The number of nitrogens with zero attached hydrogens (tertiary/aromatic N) is 2. The lowest BCUT2D eigenvalue weighted by Crippen LogP contribution is -2.45. The molecule has 1 heterocycles. The molecule has 1 unspecified atom stereocenters. The number of likely N-dealkylation sites (N-methyl/N-ethyl adjacent to an activating group) is 1. The smallest absolute Gasteiger partial charge is 0.241 e. The molecule has 2 aromatic rings. The Morgan fingerprint density at radius 3 is 2.68 bits per heavy atom. The van der Waals surface area contributed by atoms with Crippen LogP contribution in [0.15, 0.2) is 53.5 Å². The Bertz CT molecular complexity index is 831. The van der Waals surface area contributed by atoms with E-state index in [-0.39, 0.29) is 18.5 Å². The average Bonchev–Trinajstić information content (AvgIpc) is 2.71. The molecule has 3 rings (SSSR count). The molecule has 0 saturated heterocycles. The second-order valence-electron chi connectivity index (χ2n) is 7.16. The van der Waals surface area contributed by atoms with Gasteiger partial charge in [-0.2, -0.15) is 0 Å². The Kier molecular flexibility index (Phi) is 6.53. The molecule has 28 heavy (non-hydrogen) atoms. The van der Waals surface area contributed by atoms with Gasteiger partial charge < -0.3 is 20.3 Å². The number of para-hydroxylation sites is 1. The summed E-state index contributed by atoms with van der Waals surface area (Å²) < 4.78 is 5.74. The van der Waals surface area contributed by atoms with E-state index in [1.54, 1.807) is 19.0 Å². The van der Waals surface area contributed by atoms with Gasteiger partial charge in [-0.1, -0.05) is 48.0 Å². The Balaban J connectivity index is 1.75. The first-order chi connectivity index (χ1) is 13.5. The number of aliphatic imine (C=N–C) groups is 1. The molecule has 0 spiro atoms. The van der Waals surface area contributed by atoms with Crippen molar-refractivity contribution in [3.63, 3.8) is 0 Å². The van der Waals surface area contributed by atoms with E-state index in [1.807, 2.05) is 18.2 Å². The van der Waals surface area contributed by atoms with E-state index >= 15 is 0 Å². The minimum atomic E-state index is -0.00258. The SMILES string of the molecule is Cc1ccc(CN=C(NCC(=O)N(C)C)NC2CCOc3ccccc32)cc1. The Hall–Kier alpha value is -3.02. The highest BCUT2D eigenvalue weighted by Crippen LogP contribution is 2.31. The van der Waals surface area contributed by atoms with E-state index in [2.05, 4.69) is 47.9 Å². The van der Waals surface area contributed by atoms with Crippen LogP contribution in [0.1, 0.15) is 29.2 Å². The number of hydrogen-bond donors (Lipinski definition) is 2. The molecule has 1 aliphatic rings. The molecule has 1 aliphatic heterocycles. The standard InChI is InChI=1S/C22H28N4O2/c1-16-8-10-17(11-9-16)14-23-22(24-15-21(27)26(2)3)25-19-12-13-28-20-7-5-4-6-18(19)20/h4-11,19H,12-15H2,1-3H3,(H2,23,24,25). The number of carbonyl (C=O) groups excluding carboxylic acids is 1. The lowest BCUT2D eigenvalue weighted by Gasteiger charge is -2.28. The fourth-order valence-electron chi connectivity index (χ4n) is 2.99. The van der Waals surface area contributed by atoms with Crippen LogP contribution in [0.2, 0.25) is 0 Å². The number of amides is 1. The van der Waals surface area contributed by atoms with Gasteiger partial charge in [0.25, 0.3) is 0 Å². The molecule has 6 nitrogen and oxygen atoms in total. The largest absolute Gasteiger partial charge is 0.493 e. The van der Waals surface area contributed by atoms with E-state index in [1.165, 1.54) is 5.56 Å². The number of benzene rings is 2. The van der Waals surface area contributed by atoms with Crippen molar-refractivity contribution in [1.29, 1.82) is 0 Å². The van der Waals surface area contributed by atoms with Gasteiger partial charge in [0.05, 0.1) is 25.7 Å². The van der Waals surface area contributed by atoms with Crippen molar-refractivity contribution in [3.8, 4) is 5.75 Å². The number of carbonyl (C=O) groups is 1. The second kappa shape index (κ2) is 9.26. The maximum atomic E-state index is 12.0. The quantitative estimate of drug-likeness (QED) is 0.618. The van der Waals surface area contributed by atoms with Gasteiger partial charge in [-0.3, -0.25) is 4.79 Å². The van der Waals surface area contributed by atoms with E-state index < -0.39 is 0 Å². The number of guanidine groups is 1. The highest BCUT2D eigenvalue weighted by atomic mass is 16.5. The molecule has 2 N–H and O–H groups in total. The fraction of sp³-hybridized carbons (Fsp3) is 0.364. The molecule has 0 aliphatic carbocycles. The van der Waals surface area contributed by atoms with Gasteiger partial charge in [0, 0.05) is 26.1 Å². The number of fused-ring (bicyclic) bond motifs is 1. The summed E-state index contributed by atoms with van der Waals surface area (Å²) >= 11 is 0. The molecular formula is C22H28N4O2. The maximum Gasteiger partial charge on any atom is 0.241 e. The Morgan fingerprint density at radius 1 is 1.18 bits per heavy atom. The van der Waals surface area contributed by atoms with E-state index in [9.17, 15) is 4.79 Å². The van der Waals surface area contributed by atoms with Gasteiger partial charge >= 0.3 is 0 Å². The molecule has 1 atom stereocenters. The third-order valence-corrected chi connectivity index (χ3v) is 4.72. The molecule has 148 valence electrons. The fourth-order valence-corrected chi connectivity index (χ4v) is 2.99. The highest BCUT2D eigenvalue weighted by molar-refractivity contribution is 5.86. The molecule has 0 aromatic heterocycles. The van der Waals surface area contributed by atoms with Gasteiger partial charge in [0.1, 0.15) is 5.75 Å². The summed E-state index contributed by atoms with van der Waals surface area (Å²) in [6, 6.07) is 16.4. The van der Waals surface area contributed by atoms with Crippen molar-refractivity contribution in [3.05, 3.63) is 65.2 Å². The van der Waals surface area contributed by atoms with Crippen molar-refractivity contribution >= 4 is 11.9 Å². The molecular weight excluding hydrogens is 352 g/mol. The van der Waals surface area contributed by atoms with Crippen LogP contribution in [0.5, 0.6) is 5.75 Å². The lowest BCUT2D eigenvalue weighted by molar-refractivity contribution is -0.127. The predicted octanol–water partition coefficient (Wildman–Crippen LogP) is 2.64. The Labute approximate surface area is 166 Å². The van der Waals surface area contributed by atoms with E-state index in [4.69, 9.17) is 9.73 Å². The number of nitrogens with one attached hydrogen (secondary N) is 2. The number of ether oxygens (including phenoxy) is 1.